The Balaban J connectivity index is 2.40. The molecule has 23 heavy (non-hydrogen) atoms. The zero-order chi connectivity index (χ0) is 17.3. The van der Waals surface area contributed by atoms with Crippen molar-refractivity contribution in [2.24, 2.45) is 5.92 Å². The van der Waals surface area contributed by atoms with Gasteiger partial charge in [0.1, 0.15) is 0 Å². The topological polar surface area (TPSA) is 66.5 Å². The van der Waals surface area contributed by atoms with E-state index in [-0.39, 0.29) is 24.1 Å². The molecular formula is C14H17F3N2O3S. The molecule has 1 atom stereocenters. The van der Waals surface area contributed by atoms with Gasteiger partial charge >= 0.3 is 5.51 Å². The molecule has 0 radical (unpaired) electrons. The third-order valence-electron chi connectivity index (χ3n) is 3.84. The number of sulfone groups is 1. The first kappa shape index (κ1) is 17.6. The minimum absolute atomic E-state index is 0.0153. The van der Waals surface area contributed by atoms with E-state index in [9.17, 15) is 26.4 Å². The lowest BCUT2D eigenvalue weighted by Gasteiger charge is -2.34. The molecule has 5 nitrogen and oxygen atoms in total. The maximum Gasteiger partial charge on any atom is 0.501 e. The van der Waals surface area contributed by atoms with Gasteiger partial charge in [0.05, 0.1) is 16.5 Å². The molecule has 2 rings (SSSR count). The molecule has 0 unspecified atom stereocenters. The smallest absolute Gasteiger partial charge is 0.370 e. The van der Waals surface area contributed by atoms with Gasteiger partial charge in [0.25, 0.3) is 9.84 Å². The Kier molecular flexibility index (Phi) is 4.88. The number of carbonyl (C=O) groups is 1. The Bertz CT molecular complexity index is 689. The van der Waals surface area contributed by atoms with E-state index in [1.54, 1.807) is 0 Å². The van der Waals surface area contributed by atoms with E-state index in [2.05, 4.69) is 5.32 Å². The van der Waals surface area contributed by atoms with Crippen molar-refractivity contribution < 1.29 is 26.4 Å². The van der Waals surface area contributed by atoms with Crippen molar-refractivity contribution >= 4 is 21.4 Å². The normalized spacial score (nSPS) is 19.5. The van der Waals surface area contributed by atoms with Crippen molar-refractivity contribution in [3.63, 3.8) is 0 Å². The van der Waals surface area contributed by atoms with Crippen LogP contribution >= 0.6 is 0 Å². The Morgan fingerprint density at radius 3 is 2.57 bits per heavy atom. The fourth-order valence-electron chi connectivity index (χ4n) is 2.68. The lowest BCUT2D eigenvalue weighted by molar-refractivity contribution is -0.124. The van der Waals surface area contributed by atoms with E-state index in [1.807, 2.05) is 0 Å². The van der Waals surface area contributed by atoms with E-state index < -0.39 is 20.2 Å². The molecule has 1 fully saturated rings. The lowest BCUT2D eigenvalue weighted by Crippen LogP contribution is -2.42. The second-order valence-electron chi connectivity index (χ2n) is 5.32. The zero-order valence-electron chi connectivity index (χ0n) is 12.4. The number of alkyl halides is 3. The van der Waals surface area contributed by atoms with E-state index in [0.29, 0.717) is 19.4 Å². The van der Waals surface area contributed by atoms with E-state index >= 15 is 0 Å². The summed E-state index contributed by atoms with van der Waals surface area (Å²) in [5, 5.41) is 2.51. The van der Waals surface area contributed by atoms with Gasteiger partial charge in [0.15, 0.2) is 0 Å². The van der Waals surface area contributed by atoms with Crippen LogP contribution in [0.25, 0.3) is 0 Å². The molecule has 0 aromatic heterocycles. The maximum atomic E-state index is 12.9. The highest BCUT2D eigenvalue weighted by atomic mass is 32.2. The standard InChI is InChI=1S/C14H17F3N2O3S/c1-18-13(20)10-5-4-8-19(9-10)11-6-2-3-7-12(11)23(21,22)14(15,16)17/h2-3,6-7,10H,4-5,8-9H2,1H3,(H,18,20)/t10-/m1/s1. The summed E-state index contributed by atoms with van der Waals surface area (Å²) < 4.78 is 62.1. The first-order valence-electron chi connectivity index (χ1n) is 7.05. The molecule has 0 saturated carbocycles. The summed E-state index contributed by atoms with van der Waals surface area (Å²) in [5.74, 6) is -0.582. The summed E-state index contributed by atoms with van der Waals surface area (Å²) in [7, 11) is -3.95. The molecule has 9 heteroatoms. The SMILES string of the molecule is CNC(=O)[C@@H]1CCCN(c2ccccc2S(=O)(=O)C(F)(F)F)C1. The molecule has 1 aliphatic rings. The molecule has 0 bridgehead atoms. The fourth-order valence-corrected chi connectivity index (χ4v) is 3.66. The number of para-hydroxylation sites is 1. The number of nitrogens with zero attached hydrogens (tertiary/aromatic N) is 1. The molecule has 1 aromatic rings. The number of carbonyl (C=O) groups excluding carboxylic acids is 1. The number of hydrogen-bond acceptors (Lipinski definition) is 4. The van der Waals surface area contributed by atoms with Gasteiger partial charge in [-0.05, 0) is 25.0 Å². The van der Waals surface area contributed by atoms with E-state index in [4.69, 9.17) is 0 Å². The summed E-state index contributed by atoms with van der Waals surface area (Å²) in [6, 6.07) is 5.02. The fraction of sp³-hybridized carbons (Fsp3) is 0.500. The van der Waals surface area contributed by atoms with Crippen molar-refractivity contribution in [2.45, 2.75) is 23.2 Å². The lowest BCUT2D eigenvalue weighted by atomic mass is 9.97. The average Bonchev–Trinajstić information content (AvgIpc) is 2.53. The first-order chi connectivity index (χ1) is 10.7. The van der Waals surface area contributed by atoms with Crippen LogP contribution in [0.5, 0.6) is 0 Å². The Labute approximate surface area is 132 Å². The third-order valence-corrected chi connectivity index (χ3v) is 5.37. The second-order valence-corrected chi connectivity index (χ2v) is 7.23. The van der Waals surface area contributed by atoms with Crippen LogP contribution in [0, 0.1) is 5.92 Å². The molecule has 1 saturated heterocycles. The second kappa shape index (κ2) is 6.38. The summed E-state index contributed by atoms with van der Waals surface area (Å²) in [4.78, 5) is 12.5. The minimum Gasteiger partial charge on any atom is -0.370 e. The van der Waals surface area contributed by atoms with Gasteiger partial charge in [-0.2, -0.15) is 13.2 Å². The quantitative estimate of drug-likeness (QED) is 0.905. The van der Waals surface area contributed by atoms with Crippen LogP contribution in [0.4, 0.5) is 18.9 Å². The van der Waals surface area contributed by atoms with Crippen LogP contribution < -0.4 is 10.2 Å². The summed E-state index contributed by atoms with van der Waals surface area (Å²) >= 11 is 0. The molecule has 1 heterocycles. The van der Waals surface area contributed by atoms with Crippen LogP contribution in [0.2, 0.25) is 0 Å². The van der Waals surface area contributed by atoms with Crippen molar-refractivity contribution in [3.05, 3.63) is 24.3 Å². The number of rotatable bonds is 3. The Morgan fingerprint density at radius 1 is 1.30 bits per heavy atom. The van der Waals surface area contributed by atoms with Crippen molar-refractivity contribution in [1.82, 2.24) is 5.32 Å². The monoisotopic (exact) mass is 350 g/mol. The number of hydrogen-bond donors (Lipinski definition) is 1. The van der Waals surface area contributed by atoms with Crippen LogP contribution in [0.1, 0.15) is 12.8 Å². The predicted octanol–water partition coefficient (Wildman–Crippen LogP) is 1.94. The molecular weight excluding hydrogens is 333 g/mol. The van der Waals surface area contributed by atoms with Crippen molar-refractivity contribution in [2.75, 3.05) is 25.0 Å². The summed E-state index contributed by atoms with van der Waals surface area (Å²) in [6.45, 7) is 0.585. The molecule has 1 aliphatic heterocycles. The zero-order valence-corrected chi connectivity index (χ0v) is 13.2. The molecule has 0 spiro atoms. The summed E-state index contributed by atoms with van der Waals surface area (Å²) in [5.41, 5.74) is -5.38. The van der Waals surface area contributed by atoms with Gasteiger partial charge < -0.3 is 10.2 Å². The average molecular weight is 350 g/mol. The Hall–Kier alpha value is -1.77. The largest absolute Gasteiger partial charge is 0.501 e. The van der Waals surface area contributed by atoms with E-state index in [0.717, 1.165) is 6.07 Å². The van der Waals surface area contributed by atoms with Crippen LogP contribution in [-0.2, 0) is 14.6 Å². The highest BCUT2D eigenvalue weighted by molar-refractivity contribution is 7.92. The molecule has 128 valence electrons. The number of anilines is 1. The number of nitrogens with one attached hydrogen (secondary N) is 1. The number of halogens is 3. The Morgan fingerprint density at radius 2 is 1.96 bits per heavy atom. The van der Waals surface area contributed by atoms with Gasteiger partial charge in [-0.1, -0.05) is 12.1 Å². The molecule has 1 amide bonds. The minimum atomic E-state index is -5.44. The highest BCUT2D eigenvalue weighted by Crippen LogP contribution is 2.37. The summed E-state index contributed by atoms with van der Waals surface area (Å²) in [6.07, 6.45) is 1.21. The predicted molar refractivity (Wildman–Crippen MR) is 78.7 cm³/mol. The van der Waals surface area contributed by atoms with Crippen molar-refractivity contribution in [3.8, 4) is 0 Å². The van der Waals surface area contributed by atoms with Gasteiger partial charge in [0, 0.05) is 20.1 Å². The van der Waals surface area contributed by atoms with Gasteiger partial charge in [-0.15, -0.1) is 0 Å². The highest BCUT2D eigenvalue weighted by Gasteiger charge is 2.48. The molecule has 0 aliphatic carbocycles. The first-order valence-corrected chi connectivity index (χ1v) is 8.53. The molecule has 1 aromatic carbocycles. The van der Waals surface area contributed by atoms with E-state index in [1.165, 1.54) is 30.1 Å². The third kappa shape index (κ3) is 3.44. The van der Waals surface area contributed by atoms with Crippen LogP contribution in [0.15, 0.2) is 29.2 Å². The van der Waals surface area contributed by atoms with Gasteiger partial charge in [-0.25, -0.2) is 8.42 Å². The molecule has 1 N–H and O–H groups in total. The maximum absolute atomic E-state index is 12.9. The van der Waals surface area contributed by atoms with Crippen LogP contribution in [0.3, 0.4) is 0 Å². The number of benzene rings is 1. The van der Waals surface area contributed by atoms with Gasteiger partial charge in [-0.3, -0.25) is 4.79 Å². The van der Waals surface area contributed by atoms with Crippen molar-refractivity contribution in [1.29, 1.82) is 0 Å². The van der Waals surface area contributed by atoms with Crippen LogP contribution in [-0.4, -0.2) is 40.0 Å². The van der Waals surface area contributed by atoms with Gasteiger partial charge in [0.2, 0.25) is 5.91 Å². The number of piperidine rings is 1. The number of amides is 1.